The minimum atomic E-state index is -3.82. The molecule has 5 nitrogen and oxygen atoms in total. The molecule has 0 saturated carbocycles. The molecule has 1 aromatic rings. The van der Waals surface area contributed by atoms with Crippen LogP contribution >= 0.6 is 0 Å². The van der Waals surface area contributed by atoms with Crippen LogP contribution in [0, 0.1) is 0 Å². The van der Waals surface area contributed by atoms with Crippen molar-refractivity contribution >= 4 is 16.5 Å². The van der Waals surface area contributed by atoms with Crippen LogP contribution in [0.15, 0.2) is 22.6 Å². The van der Waals surface area contributed by atoms with E-state index in [1.165, 1.54) is 18.2 Å². The molecular formula is C7H5NO4S. The lowest BCUT2D eigenvalue weighted by atomic mass is 10.2. The van der Waals surface area contributed by atoms with E-state index in [4.69, 9.17) is 5.11 Å². The molecule has 0 unspecified atom stereocenters. The van der Waals surface area contributed by atoms with E-state index in [1.54, 1.807) is 0 Å². The number of nitrogens with zero attached hydrogens (tertiary/aromatic N) is 1. The minimum Gasteiger partial charge on any atom is -0.508 e. The Hall–Kier alpha value is -1.56. The summed E-state index contributed by atoms with van der Waals surface area (Å²) in [6.45, 7) is 0. The van der Waals surface area contributed by atoms with Crippen molar-refractivity contribution in [3.05, 3.63) is 23.8 Å². The van der Waals surface area contributed by atoms with Crippen molar-refractivity contribution < 1.29 is 17.7 Å². The molecule has 0 amide bonds. The van der Waals surface area contributed by atoms with Crippen LogP contribution < -0.4 is 4.18 Å². The molecule has 0 bridgehead atoms. The summed E-state index contributed by atoms with van der Waals surface area (Å²) in [4.78, 5) is 0. The fourth-order valence-electron chi connectivity index (χ4n) is 0.969. The van der Waals surface area contributed by atoms with Gasteiger partial charge in [-0.25, -0.2) is 0 Å². The molecule has 1 aromatic carbocycles. The first-order chi connectivity index (χ1) is 6.07. The topological polar surface area (TPSA) is 76.0 Å². The lowest BCUT2D eigenvalue weighted by Crippen LogP contribution is -2.11. The van der Waals surface area contributed by atoms with Gasteiger partial charge in [-0.15, -0.1) is 4.40 Å². The van der Waals surface area contributed by atoms with Crippen molar-refractivity contribution in [2.45, 2.75) is 0 Å². The second-order valence-corrected chi connectivity index (χ2v) is 3.70. The molecule has 13 heavy (non-hydrogen) atoms. The van der Waals surface area contributed by atoms with Crippen LogP contribution in [0.4, 0.5) is 0 Å². The second-order valence-electron chi connectivity index (χ2n) is 2.47. The van der Waals surface area contributed by atoms with Gasteiger partial charge in [-0.05, 0) is 18.2 Å². The quantitative estimate of drug-likeness (QED) is 0.658. The van der Waals surface area contributed by atoms with Gasteiger partial charge in [-0.1, -0.05) is 0 Å². The van der Waals surface area contributed by atoms with E-state index < -0.39 is 10.3 Å². The second kappa shape index (κ2) is 2.46. The average molecular weight is 199 g/mol. The Bertz CT molecular complexity index is 477. The van der Waals surface area contributed by atoms with Crippen LogP contribution in [0.25, 0.3) is 0 Å². The maximum absolute atomic E-state index is 10.8. The molecule has 0 fully saturated rings. The lowest BCUT2D eigenvalue weighted by Gasteiger charge is -2.10. The standard InChI is InChI=1S/C7H5NO4S/c9-6-1-2-7-5(3-6)4-8-13(10,11)12-7/h1-4,9H. The highest BCUT2D eigenvalue weighted by Gasteiger charge is 2.17. The summed E-state index contributed by atoms with van der Waals surface area (Å²) >= 11 is 0. The summed E-state index contributed by atoms with van der Waals surface area (Å²) < 4.78 is 29.3. The zero-order valence-electron chi connectivity index (χ0n) is 6.34. The summed E-state index contributed by atoms with van der Waals surface area (Å²) in [6, 6.07) is 4.08. The zero-order chi connectivity index (χ0) is 9.47. The van der Waals surface area contributed by atoms with E-state index in [0.717, 1.165) is 6.21 Å². The molecule has 68 valence electrons. The summed E-state index contributed by atoms with van der Waals surface area (Å²) in [5.41, 5.74) is 0.440. The average Bonchev–Trinajstić information content (AvgIpc) is 2.05. The van der Waals surface area contributed by atoms with Gasteiger partial charge in [0, 0.05) is 5.56 Å². The Kier molecular flexibility index (Phi) is 1.53. The summed E-state index contributed by atoms with van der Waals surface area (Å²) in [5.74, 6) is 0.209. The van der Waals surface area contributed by atoms with Crippen LogP contribution in [0.3, 0.4) is 0 Å². The monoisotopic (exact) mass is 199 g/mol. The summed E-state index contributed by atoms with van der Waals surface area (Å²) in [5, 5.41) is 9.05. The van der Waals surface area contributed by atoms with Gasteiger partial charge in [0.25, 0.3) is 0 Å². The lowest BCUT2D eigenvalue weighted by molar-refractivity contribution is 0.467. The number of fused-ring (bicyclic) bond motifs is 1. The van der Waals surface area contributed by atoms with E-state index in [1.807, 2.05) is 0 Å². The van der Waals surface area contributed by atoms with Crippen molar-refractivity contribution in [2.24, 2.45) is 4.40 Å². The maximum Gasteiger partial charge on any atom is 0.428 e. The van der Waals surface area contributed by atoms with Gasteiger partial charge in [0.15, 0.2) is 5.75 Å². The first-order valence-corrected chi connectivity index (χ1v) is 4.76. The smallest absolute Gasteiger partial charge is 0.428 e. The maximum atomic E-state index is 10.8. The summed E-state index contributed by atoms with van der Waals surface area (Å²) in [6.07, 6.45) is 1.13. The number of phenolic OH excluding ortho intramolecular Hbond substituents is 1. The molecule has 0 radical (unpaired) electrons. The van der Waals surface area contributed by atoms with Crippen LogP contribution in [0.2, 0.25) is 0 Å². The van der Waals surface area contributed by atoms with Crippen molar-refractivity contribution in [2.75, 3.05) is 0 Å². The Morgan fingerprint density at radius 1 is 1.38 bits per heavy atom. The van der Waals surface area contributed by atoms with E-state index >= 15 is 0 Å². The van der Waals surface area contributed by atoms with Gasteiger partial charge >= 0.3 is 10.3 Å². The van der Waals surface area contributed by atoms with E-state index in [9.17, 15) is 8.42 Å². The van der Waals surface area contributed by atoms with Gasteiger partial charge in [-0.2, -0.15) is 8.42 Å². The van der Waals surface area contributed by atoms with Gasteiger partial charge in [0.1, 0.15) is 5.75 Å². The molecule has 1 aliphatic heterocycles. The third-order valence-electron chi connectivity index (χ3n) is 1.51. The SMILES string of the molecule is O=S1(=O)N=Cc2cc(O)ccc2O1. The molecule has 0 saturated heterocycles. The first kappa shape index (κ1) is 8.06. The highest BCUT2D eigenvalue weighted by Crippen LogP contribution is 2.26. The van der Waals surface area contributed by atoms with Gasteiger partial charge in [0.05, 0.1) is 6.21 Å². The van der Waals surface area contributed by atoms with Crippen LogP contribution in [-0.2, 0) is 10.3 Å². The fraction of sp³-hybridized carbons (Fsp3) is 0. The number of hydrogen-bond donors (Lipinski definition) is 1. The predicted octanol–water partition coefficient (Wildman–Crippen LogP) is 0.448. The molecule has 0 aromatic heterocycles. The van der Waals surface area contributed by atoms with Crippen molar-refractivity contribution in [3.63, 3.8) is 0 Å². The number of hydrogen-bond acceptors (Lipinski definition) is 4. The molecule has 6 heteroatoms. The number of phenols is 1. The highest BCUT2D eigenvalue weighted by atomic mass is 32.2. The Morgan fingerprint density at radius 2 is 2.15 bits per heavy atom. The largest absolute Gasteiger partial charge is 0.508 e. The number of benzene rings is 1. The number of aromatic hydroxyl groups is 1. The van der Waals surface area contributed by atoms with Crippen molar-refractivity contribution in [1.82, 2.24) is 0 Å². The highest BCUT2D eigenvalue weighted by molar-refractivity contribution is 7.86. The molecular weight excluding hydrogens is 194 g/mol. The van der Waals surface area contributed by atoms with Crippen molar-refractivity contribution in [3.8, 4) is 11.5 Å². The fourth-order valence-corrected chi connectivity index (χ4v) is 1.63. The third-order valence-corrected chi connectivity index (χ3v) is 2.26. The molecule has 0 aliphatic carbocycles. The van der Waals surface area contributed by atoms with E-state index in [2.05, 4.69) is 8.58 Å². The Labute approximate surface area is 74.6 Å². The Morgan fingerprint density at radius 3 is 2.92 bits per heavy atom. The first-order valence-electron chi connectivity index (χ1n) is 3.40. The third kappa shape index (κ3) is 1.48. The van der Waals surface area contributed by atoms with Crippen LogP contribution in [0.1, 0.15) is 5.56 Å². The molecule has 0 spiro atoms. The Balaban J connectivity index is 2.59. The van der Waals surface area contributed by atoms with Gasteiger partial charge in [0.2, 0.25) is 0 Å². The van der Waals surface area contributed by atoms with Crippen LogP contribution in [0.5, 0.6) is 11.5 Å². The van der Waals surface area contributed by atoms with E-state index in [0.29, 0.717) is 5.56 Å². The molecule has 2 rings (SSSR count). The number of rotatable bonds is 0. The summed E-state index contributed by atoms with van der Waals surface area (Å²) in [7, 11) is -3.82. The minimum absolute atomic E-state index is 0.0353. The predicted molar refractivity (Wildman–Crippen MR) is 45.2 cm³/mol. The molecule has 1 aliphatic rings. The molecule has 1 heterocycles. The van der Waals surface area contributed by atoms with Gasteiger partial charge < -0.3 is 9.29 Å². The van der Waals surface area contributed by atoms with Gasteiger partial charge in [-0.3, -0.25) is 0 Å². The van der Waals surface area contributed by atoms with Crippen molar-refractivity contribution in [1.29, 1.82) is 0 Å². The molecule has 0 atom stereocenters. The van der Waals surface area contributed by atoms with Crippen LogP contribution in [-0.4, -0.2) is 19.7 Å². The molecule has 1 N–H and O–H groups in total. The zero-order valence-corrected chi connectivity index (χ0v) is 7.15. The normalized spacial score (nSPS) is 17.5. The van der Waals surface area contributed by atoms with E-state index in [-0.39, 0.29) is 11.5 Å².